The first-order chi connectivity index (χ1) is 8.06. The van der Waals surface area contributed by atoms with Gasteiger partial charge >= 0.3 is 0 Å². The SMILES string of the molecule is CCC(CC)(CO)CNC(C)c1ccc(C)s1. The van der Waals surface area contributed by atoms with Crippen LogP contribution in [0.15, 0.2) is 12.1 Å². The van der Waals surface area contributed by atoms with Crippen LogP contribution < -0.4 is 5.32 Å². The fraction of sp³-hybridized carbons (Fsp3) is 0.714. The zero-order chi connectivity index (χ0) is 12.9. The molecule has 0 bridgehead atoms. The van der Waals surface area contributed by atoms with E-state index in [2.05, 4.69) is 45.1 Å². The third-order valence-electron chi connectivity index (χ3n) is 3.81. The summed E-state index contributed by atoms with van der Waals surface area (Å²) in [4.78, 5) is 2.73. The van der Waals surface area contributed by atoms with E-state index in [4.69, 9.17) is 0 Å². The first kappa shape index (κ1) is 14.7. The smallest absolute Gasteiger partial charge is 0.0499 e. The Balaban J connectivity index is 2.55. The maximum Gasteiger partial charge on any atom is 0.0499 e. The summed E-state index contributed by atoms with van der Waals surface area (Å²) in [5.74, 6) is 0. The lowest BCUT2D eigenvalue weighted by atomic mass is 9.83. The van der Waals surface area contributed by atoms with Crippen LogP contribution in [0.25, 0.3) is 0 Å². The topological polar surface area (TPSA) is 32.3 Å². The molecule has 98 valence electrons. The molecule has 0 saturated heterocycles. The number of hydrogen-bond donors (Lipinski definition) is 2. The zero-order valence-electron chi connectivity index (χ0n) is 11.4. The van der Waals surface area contributed by atoms with Gasteiger partial charge in [-0.25, -0.2) is 0 Å². The number of thiophene rings is 1. The predicted molar refractivity (Wildman–Crippen MR) is 75.6 cm³/mol. The van der Waals surface area contributed by atoms with E-state index in [1.54, 1.807) is 0 Å². The van der Waals surface area contributed by atoms with Crippen LogP contribution in [-0.2, 0) is 0 Å². The number of nitrogens with one attached hydrogen (secondary N) is 1. The van der Waals surface area contributed by atoms with E-state index in [-0.39, 0.29) is 12.0 Å². The van der Waals surface area contributed by atoms with Crippen LogP contribution in [0, 0.1) is 12.3 Å². The van der Waals surface area contributed by atoms with E-state index < -0.39 is 0 Å². The van der Waals surface area contributed by atoms with Crippen molar-refractivity contribution in [2.45, 2.75) is 46.6 Å². The van der Waals surface area contributed by atoms with E-state index in [0.717, 1.165) is 19.4 Å². The third kappa shape index (κ3) is 3.80. The maximum atomic E-state index is 9.53. The van der Waals surface area contributed by atoms with Gasteiger partial charge in [-0.1, -0.05) is 13.8 Å². The van der Waals surface area contributed by atoms with E-state index in [1.807, 2.05) is 11.3 Å². The Labute approximate surface area is 109 Å². The van der Waals surface area contributed by atoms with Crippen LogP contribution in [0.5, 0.6) is 0 Å². The van der Waals surface area contributed by atoms with Crippen LogP contribution in [-0.4, -0.2) is 18.3 Å². The molecule has 1 heterocycles. The Morgan fingerprint density at radius 2 is 2.00 bits per heavy atom. The third-order valence-corrected chi connectivity index (χ3v) is 4.99. The highest BCUT2D eigenvalue weighted by Crippen LogP contribution is 2.27. The van der Waals surface area contributed by atoms with Crippen LogP contribution >= 0.6 is 11.3 Å². The van der Waals surface area contributed by atoms with Crippen LogP contribution in [0.2, 0.25) is 0 Å². The van der Waals surface area contributed by atoms with Crippen molar-refractivity contribution in [3.05, 3.63) is 21.9 Å². The Bertz CT molecular complexity index is 322. The second kappa shape index (κ2) is 6.53. The molecule has 0 spiro atoms. The Morgan fingerprint density at radius 1 is 1.35 bits per heavy atom. The highest BCUT2D eigenvalue weighted by Gasteiger charge is 2.25. The van der Waals surface area contributed by atoms with Crippen LogP contribution in [0.1, 0.15) is 49.4 Å². The maximum absolute atomic E-state index is 9.53. The fourth-order valence-electron chi connectivity index (χ4n) is 1.94. The molecule has 0 aliphatic rings. The summed E-state index contributed by atoms with van der Waals surface area (Å²) in [6.45, 7) is 9.79. The van der Waals surface area contributed by atoms with Gasteiger partial charge in [0.2, 0.25) is 0 Å². The van der Waals surface area contributed by atoms with Crippen molar-refractivity contribution >= 4 is 11.3 Å². The molecule has 0 amide bonds. The number of aliphatic hydroxyl groups is 1. The average Bonchev–Trinajstić information content (AvgIpc) is 2.78. The van der Waals surface area contributed by atoms with E-state index in [9.17, 15) is 5.11 Å². The average molecular weight is 255 g/mol. The lowest BCUT2D eigenvalue weighted by molar-refractivity contribution is 0.110. The molecule has 1 unspecified atom stereocenters. The minimum Gasteiger partial charge on any atom is -0.396 e. The molecule has 1 atom stereocenters. The van der Waals surface area contributed by atoms with Gasteiger partial charge in [0, 0.05) is 34.4 Å². The number of aryl methyl sites for hydroxylation is 1. The van der Waals surface area contributed by atoms with Gasteiger partial charge in [0.15, 0.2) is 0 Å². The number of aliphatic hydroxyl groups excluding tert-OH is 1. The summed E-state index contributed by atoms with van der Waals surface area (Å²) >= 11 is 1.84. The standard InChI is InChI=1S/C14H25NOS/c1-5-14(6-2,10-16)9-15-12(4)13-8-7-11(3)17-13/h7-8,12,15-16H,5-6,9-10H2,1-4H3. The molecule has 0 aliphatic heterocycles. The Morgan fingerprint density at radius 3 is 2.41 bits per heavy atom. The van der Waals surface area contributed by atoms with Crippen molar-refractivity contribution in [3.63, 3.8) is 0 Å². The number of hydrogen-bond acceptors (Lipinski definition) is 3. The van der Waals surface area contributed by atoms with E-state index in [0.29, 0.717) is 6.04 Å². The summed E-state index contributed by atoms with van der Waals surface area (Å²) in [6.07, 6.45) is 2.03. The minimum atomic E-state index is 0.0422. The fourth-order valence-corrected chi connectivity index (χ4v) is 2.84. The van der Waals surface area contributed by atoms with E-state index in [1.165, 1.54) is 9.75 Å². The van der Waals surface area contributed by atoms with Gasteiger partial charge in [-0.2, -0.15) is 0 Å². The molecular formula is C14H25NOS. The number of rotatable bonds is 7. The first-order valence-corrected chi connectivity index (χ1v) is 7.29. The zero-order valence-corrected chi connectivity index (χ0v) is 12.2. The molecule has 2 nitrogen and oxygen atoms in total. The van der Waals surface area contributed by atoms with Crippen molar-refractivity contribution in [2.24, 2.45) is 5.41 Å². The molecule has 1 rings (SSSR count). The van der Waals surface area contributed by atoms with Crippen molar-refractivity contribution in [1.29, 1.82) is 0 Å². The van der Waals surface area contributed by atoms with Gasteiger partial charge in [0.25, 0.3) is 0 Å². The van der Waals surface area contributed by atoms with Gasteiger partial charge in [-0.3, -0.25) is 0 Å². The van der Waals surface area contributed by atoms with Gasteiger partial charge < -0.3 is 10.4 Å². The summed E-state index contributed by atoms with van der Waals surface area (Å²) in [6, 6.07) is 4.73. The molecule has 3 heteroatoms. The molecular weight excluding hydrogens is 230 g/mol. The Hall–Kier alpha value is -0.380. The van der Waals surface area contributed by atoms with Crippen molar-refractivity contribution < 1.29 is 5.11 Å². The molecule has 2 N–H and O–H groups in total. The van der Waals surface area contributed by atoms with Gasteiger partial charge in [-0.05, 0) is 38.8 Å². The van der Waals surface area contributed by atoms with Crippen molar-refractivity contribution in [3.8, 4) is 0 Å². The Kier molecular flexibility index (Phi) is 5.63. The van der Waals surface area contributed by atoms with Gasteiger partial charge in [0.05, 0.1) is 0 Å². The summed E-state index contributed by atoms with van der Waals surface area (Å²) in [7, 11) is 0. The van der Waals surface area contributed by atoms with E-state index >= 15 is 0 Å². The molecule has 1 aromatic rings. The highest BCUT2D eigenvalue weighted by molar-refractivity contribution is 7.12. The quantitative estimate of drug-likeness (QED) is 0.781. The largest absolute Gasteiger partial charge is 0.396 e. The minimum absolute atomic E-state index is 0.0422. The molecule has 0 aromatic carbocycles. The second-order valence-corrected chi connectivity index (χ2v) is 6.24. The predicted octanol–water partition coefficient (Wildman–Crippen LogP) is 3.51. The first-order valence-electron chi connectivity index (χ1n) is 6.47. The summed E-state index contributed by atoms with van der Waals surface area (Å²) in [5.41, 5.74) is 0.0422. The molecule has 1 aromatic heterocycles. The van der Waals surface area contributed by atoms with Gasteiger partial charge in [0.1, 0.15) is 0 Å². The second-order valence-electron chi connectivity index (χ2n) is 4.92. The lowest BCUT2D eigenvalue weighted by Gasteiger charge is -2.31. The summed E-state index contributed by atoms with van der Waals surface area (Å²) in [5, 5.41) is 13.1. The van der Waals surface area contributed by atoms with Crippen molar-refractivity contribution in [1.82, 2.24) is 5.32 Å². The van der Waals surface area contributed by atoms with Crippen LogP contribution in [0.4, 0.5) is 0 Å². The summed E-state index contributed by atoms with van der Waals surface area (Å²) < 4.78 is 0. The normalized spacial score (nSPS) is 13.9. The molecule has 0 radical (unpaired) electrons. The van der Waals surface area contributed by atoms with Crippen LogP contribution in [0.3, 0.4) is 0 Å². The molecule has 17 heavy (non-hydrogen) atoms. The monoisotopic (exact) mass is 255 g/mol. The molecule has 0 fully saturated rings. The highest BCUT2D eigenvalue weighted by atomic mass is 32.1. The van der Waals surface area contributed by atoms with Gasteiger partial charge in [-0.15, -0.1) is 11.3 Å². The molecule has 0 saturated carbocycles. The van der Waals surface area contributed by atoms with Crippen molar-refractivity contribution in [2.75, 3.05) is 13.2 Å². The lowest BCUT2D eigenvalue weighted by Crippen LogP contribution is -2.37. The molecule has 0 aliphatic carbocycles.